The van der Waals surface area contributed by atoms with Gasteiger partial charge in [0.25, 0.3) is 0 Å². The van der Waals surface area contributed by atoms with Gasteiger partial charge in [-0.15, -0.1) is 11.3 Å². The highest BCUT2D eigenvalue weighted by Crippen LogP contribution is 2.26. The summed E-state index contributed by atoms with van der Waals surface area (Å²) in [6.45, 7) is 8.70. The molecule has 1 atom stereocenters. The zero-order valence-electron chi connectivity index (χ0n) is 19.2. The fourth-order valence-corrected chi connectivity index (χ4v) is 6.92. The van der Waals surface area contributed by atoms with Gasteiger partial charge in [-0.3, -0.25) is 4.90 Å². The van der Waals surface area contributed by atoms with Crippen molar-refractivity contribution in [1.29, 1.82) is 0 Å². The molecule has 0 radical (unpaired) electrons. The first-order valence-corrected chi connectivity index (χ1v) is 13.6. The largest absolute Gasteiger partial charge is 0.379 e. The lowest BCUT2D eigenvalue weighted by Gasteiger charge is -2.36. The van der Waals surface area contributed by atoms with E-state index in [1.807, 2.05) is 32.0 Å². The zero-order chi connectivity index (χ0) is 23.4. The van der Waals surface area contributed by atoms with Crippen LogP contribution in [0.5, 0.6) is 0 Å². The fraction of sp³-hybridized carbons (Fsp3) is 0.522. The molecule has 1 N–H and O–H groups in total. The van der Waals surface area contributed by atoms with Gasteiger partial charge in [0, 0.05) is 50.7 Å². The molecule has 1 aromatic carbocycles. The van der Waals surface area contributed by atoms with E-state index in [1.165, 1.54) is 9.18 Å². The smallest absolute Gasteiger partial charge is 0.317 e. The van der Waals surface area contributed by atoms with E-state index in [0.29, 0.717) is 50.8 Å². The minimum absolute atomic E-state index is 0.115. The van der Waals surface area contributed by atoms with Crippen LogP contribution in [0.2, 0.25) is 0 Å². The summed E-state index contributed by atoms with van der Waals surface area (Å²) < 4.78 is 33.2. The first-order chi connectivity index (χ1) is 15.9. The quantitative estimate of drug-likeness (QED) is 0.670. The molecule has 0 saturated carbocycles. The van der Waals surface area contributed by atoms with Gasteiger partial charge in [0.05, 0.1) is 24.2 Å². The summed E-state index contributed by atoms with van der Waals surface area (Å²) in [7, 11) is -3.57. The Morgan fingerprint density at radius 2 is 1.82 bits per heavy atom. The molecule has 2 saturated heterocycles. The van der Waals surface area contributed by atoms with E-state index in [1.54, 1.807) is 22.3 Å². The molecule has 2 aliphatic rings. The highest BCUT2D eigenvalue weighted by atomic mass is 32.2. The Morgan fingerprint density at radius 3 is 2.45 bits per heavy atom. The monoisotopic (exact) mass is 492 g/mol. The van der Waals surface area contributed by atoms with E-state index in [0.717, 1.165) is 24.2 Å². The van der Waals surface area contributed by atoms with Gasteiger partial charge in [-0.1, -0.05) is 23.8 Å². The molecule has 10 heteroatoms. The van der Waals surface area contributed by atoms with Crippen molar-refractivity contribution >= 4 is 27.4 Å². The molecule has 2 amide bonds. The number of hydrogen-bond donors (Lipinski definition) is 1. The van der Waals surface area contributed by atoms with E-state index in [4.69, 9.17) is 4.74 Å². The second-order valence-electron chi connectivity index (χ2n) is 8.53. The summed E-state index contributed by atoms with van der Waals surface area (Å²) in [5.74, 6) is 0. The Morgan fingerprint density at radius 1 is 1.09 bits per heavy atom. The standard InChI is InChI=1S/C23H32N4O4S2/c1-18-5-6-22(19(2)16-18)33(29,30)27-9-7-26(8-10-27)23(28)24-17-20(21-4-3-15-32-21)25-11-13-31-14-12-25/h3-6,15-16,20H,7-14,17H2,1-2H3,(H,24,28)/t20-/m1/s1. The summed E-state index contributed by atoms with van der Waals surface area (Å²) in [5.41, 5.74) is 1.78. The number of urea groups is 1. The number of amides is 2. The molecule has 0 aliphatic carbocycles. The molecule has 1 aromatic heterocycles. The third-order valence-electron chi connectivity index (χ3n) is 6.28. The van der Waals surface area contributed by atoms with Crippen molar-refractivity contribution in [3.05, 3.63) is 51.7 Å². The molecule has 2 aliphatic heterocycles. The predicted molar refractivity (Wildman–Crippen MR) is 129 cm³/mol. The predicted octanol–water partition coefficient (Wildman–Crippen LogP) is 2.45. The Bertz CT molecular complexity index is 1040. The number of hydrogen-bond acceptors (Lipinski definition) is 6. The summed E-state index contributed by atoms with van der Waals surface area (Å²) in [5, 5.41) is 5.14. The van der Waals surface area contributed by atoms with Crippen molar-refractivity contribution in [2.45, 2.75) is 24.8 Å². The van der Waals surface area contributed by atoms with Gasteiger partial charge in [-0.2, -0.15) is 4.31 Å². The maximum absolute atomic E-state index is 13.1. The lowest BCUT2D eigenvalue weighted by molar-refractivity contribution is 0.0171. The molecule has 4 rings (SSSR count). The van der Waals surface area contributed by atoms with Crippen LogP contribution in [0.25, 0.3) is 0 Å². The number of morpholine rings is 1. The van der Waals surface area contributed by atoms with Crippen molar-refractivity contribution in [3.63, 3.8) is 0 Å². The molecule has 0 unspecified atom stereocenters. The fourth-order valence-electron chi connectivity index (χ4n) is 4.43. The van der Waals surface area contributed by atoms with Crippen molar-refractivity contribution in [3.8, 4) is 0 Å². The van der Waals surface area contributed by atoms with Crippen LogP contribution < -0.4 is 5.32 Å². The third kappa shape index (κ3) is 5.58. The van der Waals surface area contributed by atoms with Gasteiger partial charge in [0.2, 0.25) is 10.0 Å². The van der Waals surface area contributed by atoms with E-state index in [-0.39, 0.29) is 12.1 Å². The summed E-state index contributed by atoms with van der Waals surface area (Å²) in [6, 6.07) is 9.49. The second kappa shape index (κ2) is 10.5. The van der Waals surface area contributed by atoms with Gasteiger partial charge >= 0.3 is 6.03 Å². The van der Waals surface area contributed by atoms with Crippen LogP contribution in [-0.2, 0) is 14.8 Å². The first-order valence-electron chi connectivity index (χ1n) is 11.3. The molecular weight excluding hydrogens is 460 g/mol. The van der Waals surface area contributed by atoms with Crippen molar-refractivity contribution in [1.82, 2.24) is 19.4 Å². The van der Waals surface area contributed by atoms with Gasteiger partial charge in [-0.05, 0) is 36.9 Å². The van der Waals surface area contributed by atoms with E-state index < -0.39 is 10.0 Å². The van der Waals surface area contributed by atoms with Crippen LogP contribution >= 0.6 is 11.3 Å². The number of sulfonamides is 1. The van der Waals surface area contributed by atoms with E-state index in [2.05, 4.69) is 21.7 Å². The number of ether oxygens (including phenoxy) is 1. The number of aryl methyl sites for hydroxylation is 2. The number of benzene rings is 1. The first kappa shape index (κ1) is 24.2. The van der Waals surface area contributed by atoms with Crippen LogP contribution in [0.4, 0.5) is 4.79 Å². The number of carbonyl (C=O) groups excluding carboxylic acids is 1. The summed E-state index contributed by atoms with van der Waals surface area (Å²) in [4.78, 5) is 18.5. The maximum atomic E-state index is 13.1. The molecule has 8 nitrogen and oxygen atoms in total. The SMILES string of the molecule is Cc1ccc(S(=O)(=O)N2CCN(C(=O)NC[C@H](c3cccs3)N3CCOCC3)CC2)c(C)c1. The normalized spacial score (nSPS) is 19.4. The van der Waals surface area contributed by atoms with Crippen molar-refractivity contribution in [2.75, 3.05) is 59.0 Å². The number of piperazine rings is 1. The molecule has 2 aromatic rings. The van der Waals surface area contributed by atoms with Gasteiger partial charge in [0.15, 0.2) is 0 Å². The van der Waals surface area contributed by atoms with Crippen LogP contribution in [0, 0.1) is 13.8 Å². The molecule has 0 spiro atoms. The molecule has 0 bridgehead atoms. The Balaban J connectivity index is 1.34. The van der Waals surface area contributed by atoms with Crippen LogP contribution in [-0.4, -0.2) is 87.6 Å². The number of nitrogens with zero attached hydrogens (tertiary/aromatic N) is 3. The van der Waals surface area contributed by atoms with Gasteiger partial charge < -0.3 is 15.0 Å². The van der Waals surface area contributed by atoms with Gasteiger partial charge in [0.1, 0.15) is 0 Å². The van der Waals surface area contributed by atoms with Crippen LogP contribution in [0.3, 0.4) is 0 Å². The highest BCUT2D eigenvalue weighted by molar-refractivity contribution is 7.89. The Kier molecular flexibility index (Phi) is 7.70. The number of nitrogens with one attached hydrogen (secondary N) is 1. The molecule has 180 valence electrons. The summed E-state index contributed by atoms with van der Waals surface area (Å²) in [6.07, 6.45) is 0. The average molecular weight is 493 g/mol. The van der Waals surface area contributed by atoms with Crippen LogP contribution in [0.1, 0.15) is 22.0 Å². The Hall–Kier alpha value is -1.98. The zero-order valence-corrected chi connectivity index (χ0v) is 20.8. The van der Waals surface area contributed by atoms with Gasteiger partial charge in [-0.25, -0.2) is 13.2 Å². The summed E-state index contributed by atoms with van der Waals surface area (Å²) >= 11 is 1.69. The lowest BCUT2D eigenvalue weighted by Crippen LogP contribution is -2.54. The molecule has 3 heterocycles. The van der Waals surface area contributed by atoms with Crippen molar-refractivity contribution in [2.24, 2.45) is 0 Å². The third-order valence-corrected chi connectivity index (χ3v) is 9.31. The molecule has 2 fully saturated rings. The number of rotatable bonds is 6. The topological polar surface area (TPSA) is 82.2 Å². The van der Waals surface area contributed by atoms with E-state index >= 15 is 0 Å². The second-order valence-corrected chi connectivity index (χ2v) is 11.4. The highest BCUT2D eigenvalue weighted by Gasteiger charge is 2.31. The van der Waals surface area contributed by atoms with E-state index in [9.17, 15) is 13.2 Å². The minimum atomic E-state index is -3.57. The average Bonchev–Trinajstić information content (AvgIpc) is 3.34. The maximum Gasteiger partial charge on any atom is 0.317 e. The number of carbonyl (C=O) groups is 1. The molecule has 33 heavy (non-hydrogen) atoms. The van der Waals surface area contributed by atoms with Crippen LogP contribution in [0.15, 0.2) is 40.6 Å². The number of thiophene rings is 1. The minimum Gasteiger partial charge on any atom is -0.379 e. The Labute approximate surface area is 200 Å². The molecular formula is C23H32N4O4S2. The van der Waals surface area contributed by atoms with Crippen molar-refractivity contribution < 1.29 is 17.9 Å². The lowest BCUT2D eigenvalue weighted by atomic mass is 10.2.